The van der Waals surface area contributed by atoms with Crippen molar-refractivity contribution >= 4 is 21.8 Å². The van der Waals surface area contributed by atoms with Crippen LogP contribution >= 0.6 is 15.9 Å². The number of benzene rings is 2. The highest BCUT2D eigenvalue weighted by molar-refractivity contribution is 9.10. The molecule has 0 saturated heterocycles. The average Bonchev–Trinajstić information content (AvgIpc) is 2.73. The molecule has 6 nitrogen and oxygen atoms in total. The predicted octanol–water partition coefficient (Wildman–Crippen LogP) is 3.74. The van der Waals surface area contributed by atoms with Crippen molar-refractivity contribution in [3.63, 3.8) is 0 Å². The maximum atomic E-state index is 12.2. The maximum Gasteiger partial charge on any atom is 0.255 e. The molecule has 7 heteroatoms. The SMILES string of the molecule is COc1cc2c(cc1OC)CN(CCCCNC(=O)c1cc(Br)ccc1O)CC2. The molecule has 0 bridgehead atoms. The summed E-state index contributed by atoms with van der Waals surface area (Å²) in [5.74, 6) is 1.29. The summed E-state index contributed by atoms with van der Waals surface area (Å²) in [4.78, 5) is 14.6. The summed E-state index contributed by atoms with van der Waals surface area (Å²) in [6, 6.07) is 8.99. The lowest BCUT2D eigenvalue weighted by Crippen LogP contribution is -2.32. The first kappa shape index (κ1) is 21.5. The molecule has 29 heavy (non-hydrogen) atoms. The fraction of sp³-hybridized carbons (Fsp3) is 0.409. The van der Waals surface area contributed by atoms with E-state index in [1.54, 1.807) is 26.4 Å². The van der Waals surface area contributed by atoms with Crippen molar-refractivity contribution in [2.75, 3.05) is 33.9 Å². The molecular formula is C22H27BrN2O4. The Labute approximate surface area is 179 Å². The smallest absolute Gasteiger partial charge is 0.255 e. The van der Waals surface area contributed by atoms with Gasteiger partial charge in [-0.3, -0.25) is 9.69 Å². The number of hydrogen-bond acceptors (Lipinski definition) is 5. The van der Waals surface area contributed by atoms with Gasteiger partial charge in [0, 0.05) is 24.1 Å². The van der Waals surface area contributed by atoms with Crippen molar-refractivity contribution in [1.29, 1.82) is 0 Å². The first-order chi connectivity index (χ1) is 14.0. The van der Waals surface area contributed by atoms with Crippen molar-refractivity contribution in [3.8, 4) is 17.2 Å². The van der Waals surface area contributed by atoms with E-state index >= 15 is 0 Å². The standard InChI is InChI=1S/C22H27BrN2O4/c1-28-20-11-15-7-10-25(14-16(15)12-21(20)29-2)9-4-3-8-24-22(27)18-13-17(23)5-6-19(18)26/h5-6,11-13,26H,3-4,7-10,14H2,1-2H3,(H,24,27). The topological polar surface area (TPSA) is 71.0 Å². The number of carbonyl (C=O) groups excluding carboxylic acids is 1. The molecule has 0 unspecified atom stereocenters. The van der Waals surface area contributed by atoms with E-state index < -0.39 is 0 Å². The molecule has 1 amide bonds. The van der Waals surface area contributed by atoms with Gasteiger partial charge in [0.05, 0.1) is 19.8 Å². The van der Waals surface area contributed by atoms with Gasteiger partial charge < -0.3 is 19.9 Å². The molecule has 0 aromatic heterocycles. The summed E-state index contributed by atoms with van der Waals surface area (Å²) >= 11 is 3.32. The third-order valence-corrected chi connectivity index (χ3v) is 5.68. The average molecular weight is 463 g/mol. The number of aromatic hydroxyl groups is 1. The van der Waals surface area contributed by atoms with Crippen LogP contribution in [0.5, 0.6) is 17.2 Å². The van der Waals surface area contributed by atoms with Gasteiger partial charge in [-0.2, -0.15) is 0 Å². The first-order valence-electron chi connectivity index (χ1n) is 9.74. The Bertz CT molecular complexity index is 872. The summed E-state index contributed by atoms with van der Waals surface area (Å²) < 4.78 is 11.6. The van der Waals surface area contributed by atoms with Gasteiger partial charge in [-0.25, -0.2) is 0 Å². The highest BCUT2D eigenvalue weighted by Crippen LogP contribution is 2.33. The Hall–Kier alpha value is -2.25. The molecule has 0 fully saturated rings. The largest absolute Gasteiger partial charge is 0.507 e. The number of unbranched alkanes of at least 4 members (excludes halogenated alkanes) is 1. The Kier molecular flexibility index (Phi) is 7.39. The first-order valence-corrected chi connectivity index (χ1v) is 10.5. The van der Waals surface area contributed by atoms with Gasteiger partial charge in [-0.1, -0.05) is 15.9 Å². The van der Waals surface area contributed by atoms with E-state index in [1.807, 2.05) is 0 Å². The normalized spacial score (nSPS) is 13.6. The van der Waals surface area contributed by atoms with Crippen molar-refractivity contribution in [2.24, 2.45) is 0 Å². The van der Waals surface area contributed by atoms with Gasteiger partial charge in [0.2, 0.25) is 0 Å². The number of nitrogens with one attached hydrogen (secondary N) is 1. The van der Waals surface area contributed by atoms with E-state index in [-0.39, 0.29) is 17.2 Å². The van der Waals surface area contributed by atoms with E-state index in [0.717, 1.165) is 54.9 Å². The van der Waals surface area contributed by atoms with Crippen LogP contribution in [0.15, 0.2) is 34.8 Å². The Morgan fingerprint density at radius 2 is 1.86 bits per heavy atom. The van der Waals surface area contributed by atoms with Crippen molar-refractivity contribution in [3.05, 3.63) is 51.5 Å². The lowest BCUT2D eigenvalue weighted by atomic mass is 9.98. The van der Waals surface area contributed by atoms with E-state index in [2.05, 4.69) is 38.3 Å². The monoisotopic (exact) mass is 462 g/mol. The van der Waals surface area contributed by atoms with Crippen LogP contribution in [-0.4, -0.2) is 49.8 Å². The number of fused-ring (bicyclic) bond motifs is 1. The second-order valence-corrected chi connectivity index (χ2v) is 8.04. The van der Waals surface area contributed by atoms with E-state index in [9.17, 15) is 9.90 Å². The van der Waals surface area contributed by atoms with Gasteiger partial charge in [0.25, 0.3) is 5.91 Å². The van der Waals surface area contributed by atoms with Crippen LogP contribution in [-0.2, 0) is 13.0 Å². The lowest BCUT2D eigenvalue weighted by molar-refractivity contribution is 0.0949. The number of amides is 1. The van der Waals surface area contributed by atoms with Crippen molar-refractivity contribution < 1.29 is 19.4 Å². The number of halogens is 1. The molecule has 0 atom stereocenters. The third-order valence-electron chi connectivity index (χ3n) is 5.19. The van der Waals surface area contributed by atoms with Crippen molar-refractivity contribution in [1.82, 2.24) is 10.2 Å². The second kappa shape index (κ2) is 9.98. The molecule has 2 aromatic carbocycles. The van der Waals surface area contributed by atoms with E-state index in [0.29, 0.717) is 6.54 Å². The quantitative estimate of drug-likeness (QED) is 0.584. The summed E-state index contributed by atoms with van der Waals surface area (Å²) in [5, 5.41) is 12.7. The molecule has 0 radical (unpaired) electrons. The van der Waals surface area contributed by atoms with Gasteiger partial charge in [0.15, 0.2) is 11.5 Å². The number of phenols is 1. The van der Waals surface area contributed by atoms with Crippen LogP contribution in [0.3, 0.4) is 0 Å². The molecule has 1 aliphatic heterocycles. The van der Waals surface area contributed by atoms with E-state index in [1.165, 1.54) is 17.2 Å². The molecule has 0 saturated carbocycles. The van der Waals surface area contributed by atoms with Gasteiger partial charge in [-0.15, -0.1) is 0 Å². The van der Waals surface area contributed by atoms with Gasteiger partial charge in [0.1, 0.15) is 5.75 Å². The number of carbonyl (C=O) groups is 1. The van der Waals surface area contributed by atoms with Crippen LogP contribution in [0.25, 0.3) is 0 Å². The third kappa shape index (κ3) is 5.42. The molecule has 1 heterocycles. The molecule has 2 N–H and O–H groups in total. The Morgan fingerprint density at radius 1 is 1.14 bits per heavy atom. The zero-order chi connectivity index (χ0) is 20.8. The molecule has 156 valence electrons. The van der Waals surface area contributed by atoms with Crippen LogP contribution < -0.4 is 14.8 Å². The second-order valence-electron chi connectivity index (χ2n) is 7.13. The summed E-state index contributed by atoms with van der Waals surface area (Å²) in [6.45, 7) is 3.47. The van der Waals surface area contributed by atoms with Crippen LogP contribution in [0, 0.1) is 0 Å². The minimum atomic E-state index is -0.253. The molecule has 3 rings (SSSR count). The zero-order valence-corrected chi connectivity index (χ0v) is 18.4. The van der Waals surface area contributed by atoms with Crippen LogP contribution in [0.2, 0.25) is 0 Å². The zero-order valence-electron chi connectivity index (χ0n) is 16.8. The number of ether oxygens (including phenoxy) is 2. The molecule has 0 spiro atoms. The number of phenolic OH excluding ortho intramolecular Hbond substituents is 1. The van der Waals surface area contributed by atoms with Crippen LogP contribution in [0.1, 0.15) is 34.3 Å². The minimum Gasteiger partial charge on any atom is -0.507 e. The maximum absolute atomic E-state index is 12.2. The number of nitrogens with zero attached hydrogens (tertiary/aromatic N) is 1. The highest BCUT2D eigenvalue weighted by Gasteiger charge is 2.19. The van der Waals surface area contributed by atoms with Crippen LogP contribution in [0.4, 0.5) is 0 Å². The van der Waals surface area contributed by atoms with Crippen molar-refractivity contribution in [2.45, 2.75) is 25.8 Å². The predicted molar refractivity (Wildman–Crippen MR) is 116 cm³/mol. The summed E-state index contributed by atoms with van der Waals surface area (Å²) in [5.41, 5.74) is 2.89. The Morgan fingerprint density at radius 3 is 2.59 bits per heavy atom. The van der Waals surface area contributed by atoms with E-state index in [4.69, 9.17) is 9.47 Å². The molecular weight excluding hydrogens is 436 g/mol. The lowest BCUT2D eigenvalue weighted by Gasteiger charge is -2.29. The van der Waals surface area contributed by atoms with Gasteiger partial charge >= 0.3 is 0 Å². The Balaban J connectivity index is 1.44. The molecule has 1 aliphatic rings. The fourth-order valence-electron chi connectivity index (χ4n) is 3.58. The minimum absolute atomic E-state index is 0.00950. The highest BCUT2D eigenvalue weighted by atomic mass is 79.9. The molecule has 2 aromatic rings. The van der Waals surface area contributed by atoms with Gasteiger partial charge in [-0.05, 0) is 67.3 Å². The summed E-state index contributed by atoms with van der Waals surface area (Å²) in [7, 11) is 3.32. The number of rotatable bonds is 8. The fourth-order valence-corrected chi connectivity index (χ4v) is 3.94. The number of methoxy groups -OCH3 is 2. The number of hydrogen-bond donors (Lipinski definition) is 2. The molecule has 0 aliphatic carbocycles. The summed E-state index contributed by atoms with van der Waals surface area (Å²) in [6.07, 6.45) is 2.87.